The normalized spacial score (nSPS) is 14.9. The fourth-order valence-electron chi connectivity index (χ4n) is 3.24. The molecule has 0 radical (unpaired) electrons. The van der Waals surface area contributed by atoms with Crippen molar-refractivity contribution in [2.24, 2.45) is 0 Å². The van der Waals surface area contributed by atoms with Gasteiger partial charge in [0.15, 0.2) is 0 Å². The molecule has 1 aromatic carbocycles. The Morgan fingerprint density at radius 1 is 0.963 bits per heavy atom. The third-order valence-electron chi connectivity index (χ3n) is 5.00. The van der Waals surface area contributed by atoms with Crippen molar-refractivity contribution in [3.05, 3.63) is 65.5 Å². The van der Waals surface area contributed by atoms with Gasteiger partial charge >= 0.3 is 0 Å². The molecule has 1 aromatic heterocycles. The minimum atomic E-state index is -0.0204. The molecule has 5 heteroatoms. The van der Waals surface area contributed by atoms with Crippen LogP contribution in [0.25, 0.3) is 0 Å². The molecule has 3 rings (SSSR count). The summed E-state index contributed by atoms with van der Waals surface area (Å²) in [6.07, 6.45) is 3.64. The van der Waals surface area contributed by atoms with Crippen molar-refractivity contribution in [3.8, 4) is 0 Å². The van der Waals surface area contributed by atoms with Crippen LogP contribution in [0.1, 0.15) is 42.3 Å². The third-order valence-corrected chi connectivity index (χ3v) is 5.00. The highest BCUT2D eigenvalue weighted by atomic mass is 16.2. The van der Waals surface area contributed by atoms with E-state index in [9.17, 15) is 9.59 Å². The maximum Gasteiger partial charge on any atom is 0.255 e. The van der Waals surface area contributed by atoms with Crippen LogP contribution in [0.2, 0.25) is 0 Å². The highest BCUT2D eigenvalue weighted by molar-refractivity contribution is 5.94. The summed E-state index contributed by atoms with van der Waals surface area (Å²) in [5, 5.41) is 0. The fraction of sp³-hybridized carbons (Fsp3) is 0.409. The maximum absolute atomic E-state index is 12.6. The van der Waals surface area contributed by atoms with Crippen LogP contribution < -0.4 is 0 Å². The highest BCUT2D eigenvalue weighted by Crippen LogP contribution is 2.22. The van der Waals surface area contributed by atoms with E-state index in [4.69, 9.17) is 0 Å². The van der Waals surface area contributed by atoms with E-state index in [0.717, 1.165) is 5.56 Å². The van der Waals surface area contributed by atoms with E-state index in [1.807, 2.05) is 17.0 Å². The Hall–Kier alpha value is -2.69. The molecule has 0 unspecified atom stereocenters. The molecule has 2 heterocycles. The molecule has 142 valence electrons. The van der Waals surface area contributed by atoms with Crippen LogP contribution >= 0.6 is 0 Å². The fourth-order valence-corrected chi connectivity index (χ4v) is 3.24. The molecular weight excluding hydrogens is 338 g/mol. The number of carbonyl (C=O) groups excluding carboxylic acids is 2. The number of amides is 2. The molecule has 1 aliphatic heterocycles. The van der Waals surface area contributed by atoms with E-state index in [2.05, 4.69) is 37.9 Å². The number of benzene rings is 1. The summed E-state index contributed by atoms with van der Waals surface area (Å²) in [6, 6.07) is 11.8. The van der Waals surface area contributed by atoms with E-state index in [1.165, 1.54) is 5.56 Å². The Balaban J connectivity index is 1.53. The lowest BCUT2D eigenvalue weighted by molar-refractivity contribution is -0.131. The summed E-state index contributed by atoms with van der Waals surface area (Å²) in [5.41, 5.74) is 3.00. The van der Waals surface area contributed by atoms with E-state index >= 15 is 0 Å². The maximum atomic E-state index is 12.6. The van der Waals surface area contributed by atoms with Crippen LogP contribution in [0, 0.1) is 0 Å². The zero-order valence-corrected chi connectivity index (χ0v) is 16.3. The Labute approximate surface area is 161 Å². The monoisotopic (exact) mass is 365 g/mol. The molecule has 5 nitrogen and oxygen atoms in total. The zero-order chi connectivity index (χ0) is 19.4. The van der Waals surface area contributed by atoms with Crippen molar-refractivity contribution in [1.29, 1.82) is 0 Å². The molecule has 1 saturated heterocycles. The summed E-state index contributed by atoms with van der Waals surface area (Å²) in [6.45, 7) is 8.80. The van der Waals surface area contributed by atoms with Gasteiger partial charge in [-0.3, -0.25) is 14.6 Å². The lowest BCUT2D eigenvalue weighted by Gasteiger charge is -2.35. The molecule has 2 amide bonds. The largest absolute Gasteiger partial charge is 0.339 e. The van der Waals surface area contributed by atoms with Crippen LogP contribution in [-0.4, -0.2) is 52.8 Å². The van der Waals surface area contributed by atoms with Crippen LogP contribution in [0.4, 0.5) is 0 Å². The Morgan fingerprint density at radius 3 is 2.15 bits per heavy atom. The second-order valence-electron chi connectivity index (χ2n) is 8.04. The molecule has 0 N–H and O–H groups in total. The quantitative estimate of drug-likeness (QED) is 0.840. The van der Waals surface area contributed by atoms with E-state index in [1.54, 1.807) is 29.4 Å². The summed E-state index contributed by atoms with van der Waals surface area (Å²) in [4.78, 5) is 32.7. The molecule has 0 spiro atoms. The lowest BCUT2D eigenvalue weighted by atomic mass is 9.86. The average molecular weight is 365 g/mol. The molecular formula is C22H27N3O2. The molecule has 0 aliphatic carbocycles. The first-order valence-electron chi connectivity index (χ1n) is 9.41. The van der Waals surface area contributed by atoms with Gasteiger partial charge in [0.1, 0.15) is 0 Å². The van der Waals surface area contributed by atoms with Crippen molar-refractivity contribution < 1.29 is 9.59 Å². The van der Waals surface area contributed by atoms with Crippen molar-refractivity contribution >= 4 is 11.8 Å². The number of hydrogen-bond donors (Lipinski definition) is 0. The van der Waals surface area contributed by atoms with Gasteiger partial charge in [0.05, 0.1) is 12.0 Å². The van der Waals surface area contributed by atoms with E-state index in [0.29, 0.717) is 38.2 Å². The van der Waals surface area contributed by atoms with Gasteiger partial charge in [-0.2, -0.15) is 0 Å². The second-order valence-corrected chi connectivity index (χ2v) is 8.04. The van der Waals surface area contributed by atoms with Crippen LogP contribution in [0.3, 0.4) is 0 Å². The number of aromatic nitrogens is 1. The van der Waals surface area contributed by atoms with E-state index in [-0.39, 0.29) is 17.2 Å². The number of rotatable bonds is 3. The summed E-state index contributed by atoms with van der Waals surface area (Å²) in [7, 11) is 0. The van der Waals surface area contributed by atoms with Gasteiger partial charge in [-0.05, 0) is 28.7 Å². The van der Waals surface area contributed by atoms with Gasteiger partial charge < -0.3 is 9.80 Å². The van der Waals surface area contributed by atoms with Gasteiger partial charge in [-0.15, -0.1) is 0 Å². The predicted octanol–water partition coefficient (Wildman–Crippen LogP) is 2.91. The van der Waals surface area contributed by atoms with Crippen molar-refractivity contribution in [3.63, 3.8) is 0 Å². The number of pyridine rings is 1. The Bertz CT molecular complexity index is 787. The second kappa shape index (κ2) is 7.91. The molecule has 0 saturated carbocycles. The smallest absolute Gasteiger partial charge is 0.255 e. The molecule has 2 aromatic rings. The van der Waals surface area contributed by atoms with Gasteiger partial charge in [-0.1, -0.05) is 45.0 Å². The number of nitrogens with zero attached hydrogens (tertiary/aromatic N) is 3. The summed E-state index contributed by atoms with van der Waals surface area (Å²) in [5.74, 6) is 0.0972. The minimum Gasteiger partial charge on any atom is -0.339 e. The van der Waals surface area contributed by atoms with Crippen molar-refractivity contribution in [1.82, 2.24) is 14.8 Å². The van der Waals surface area contributed by atoms with Gasteiger partial charge in [0.2, 0.25) is 5.91 Å². The number of carbonyl (C=O) groups is 2. The first-order valence-corrected chi connectivity index (χ1v) is 9.41. The molecule has 27 heavy (non-hydrogen) atoms. The molecule has 1 fully saturated rings. The Morgan fingerprint density at radius 2 is 1.59 bits per heavy atom. The van der Waals surface area contributed by atoms with E-state index < -0.39 is 0 Å². The third kappa shape index (κ3) is 4.73. The van der Waals surface area contributed by atoms with Gasteiger partial charge in [0, 0.05) is 38.6 Å². The number of piperazine rings is 1. The topological polar surface area (TPSA) is 53.5 Å². The minimum absolute atomic E-state index is 0.0204. The summed E-state index contributed by atoms with van der Waals surface area (Å²) < 4.78 is 0. The number of hydrogen-bond acceptors (Lipinski definition) is 3. The molecule has 0 atom stereocenters. The van der Waals surface area contributed by atoms with Crippen molar-refractivity contribution in [2.45, 2.75) is 32.6 Å². The molecule has 1 aliphatic rings. The van der Waals surface area contributed by atoms with Gasteiger partial charge in [-0.25, -0.2) is 0 Å². The van der Waals surface area contributed by atoms with Gasteiger partial charge in [0.25, 0.3) is 5.91 Å². The van der Waals surface area contributed by atoms with Crippen molar-refractivity contribution in [2.75, 3.05) is 26.2 Å². The summed E-state index contributed by atoms with van der Waals surface area (Å²) >= 11 is 0. The lowest BCUT2D eigenvalue weighted by Crippen LogP contribution is -2.51. The zero-order valence-electron chi connectivity index (χ0n) is 16.3. The average Bonchev–Trinajstić information content (AvgIpc) is 2.68. The standard InChI is InChI=1S/C22H27N3O2/c1-22(2,3)19-8-6-17(7-9-19)15-20(26)24-11-13-25(14-12-24)21(27)18-5-4-10-23-16-18/h4-10,16H,11-15H2,1-3H3. The first kappa shape index (κ1) is 19.1. The predicted molar refractivity (Wildman–Crippen MR) is 106 cm³/mol. The van der Waals surface area contributed by atoms with Crippen LogP contribution in [0.15, 0.2) is 48.8 Å². The van der Waals surface area contributed by atoms with Crippen LogP contribution in [0.5, 0.6) is 0 Å². The molecule has 0 bridgehead atoms. The Kier molecular flexibility index (Phi) is 5.59. The first-order chi connectivity index (χ1) is 12.8. The highest BCUT2D eigenvalue weighted by Gasteiger charge is 2.25. The van der Waals surface area contributed by atoms with Crippen LogP contribution in [-0.2, 0) is 16.6 Å². The SMILES string of the molecule is CC(C)(C)c1ccc(CC(=O)N2CCN(C(=O)c3cccnc3)CC2)cc1.